The van der Waals surface area contributed by atoms with Crippen molar-refractivity contribution in [3.8, 4) is 0 Å². The molecule has 0 saturated heterocycles. The minimum Gasteiger partial charge on any atom is -0.351 e. The molecule has 0 aliphatic carbocycles. The van der Waals surface area contributed by atoms with Gasteiger partial charge in [-0.2, -0.15) is 0 Å². The fraction of sp³-hybridized carbons (Fsp3) is 0.200. The molecule has 0 spiro atoms. The maximum atomic E-state index is 10.2. The SMILES string of the molecule is C=CC(=O)CNC=O. The zero-order valence-electron chi connectivity index (χ0n) is 4.39. The van der Waals surface area contributed by atoms with Crippen LogP contribution in [-0.2, 0) is 9.59 Å². The molecule has 0 rings (SSSR count). The molecule has 0 aromatic carbocycles. The van der Waals surface area contributed by atoms with Crippen LogP contribution in [-0.4, -0.2) is 18.7 Å². The van der Waals surface area contributed by atoms with Crippen LogP contribution in [0.4, 0.5) is 0 Å². The Labute approximate surface area is 47.4 Å². The van der Waals surface area contributed by atoms with E-state index in [2.05, 4.69) is 11.9 Å². The molecule has 0 aromatic heterocycles. The number of ketones is 1. The standard InChI is InChI=1S/C5H7NO2/c1-2-5(8)3-6-4-7/h2,4H,1,3H2,(H,6,7). The van der Waals surface area contributed by atoms with Gasteiger partial charge in [0.1, 0.15) is 0 Å². The van der Waals surface area contributed by atoms with Crippen molar-refractivity contribution in [3.05, 3.63) is 12.7 Å². The second kappa shape index (κ2) is 4.05. The molecule has 3 heteroatoms. The molecule has 1 N–H and O–H groups in total. The number of amides is 1. The summed E-state index contributed by atoms with van der Waals surface area (Å²) in [4.78, 5) is 19.8. The lowest BCUT2D eigenvalue weighted by Gasteiger charge is -1.87. The Bertz CT molecular complexity index is 109. The van der Waals surface area contributed by atoms with Crippen LogP contribution in [0.5, 0.6) is 0 Å². The van der Waals surface area contributed by atoms with E-state index in [9.17, 15) is 9.59 Å². The summed E-state index contributed by atoms with van der Waals surface area (Å²) >= 11 is 0. The highest BCUT2D eigenvalue weighted by atomic mass is 16.1. The first kappa shape index (κ1) is 6.88. The lowest BCUT2D eigenvalue weighted by atomic mass is 10.4. The Morgan fingerprint density at radius 2 is 2.38 bits per heavy atom. The van der Waals surface area contributed by atoms with E-state index in [1.54, 1.807) is 0 Å². The van der Waals surface area contributed by atoms with E-state index in [0.29, 0.717) is 6.41 Å². The van der Waals surface area contributed by atoms with E-state index in [1.165, 1.54) is 0 Å². The first-order valence-corrected chi connectivity index (χ1v) is 2.13. The summed E-state index contributed by atoms with van der Waals surface area (Å²) in [6.07, 6.45) is 1.64. The molecule has 44 valence electrons. The number of hydrogen-bond donors (Lipinski definition) is 1. The Morgan fingerprint density at radius 3 is 2.75 bits per heavy atom. The molecule has 3 nitrogen and oxygen atoms in total. The summed E-state index contributed by atoms with van der Waals surface area (Å²) in [5.41, 5.74) is 0. The molecule has 0 aliphatic rings. The van der Waals surface area contributed by atoms with Gasteiger partial charge >= 0.3 is 0 Å². The van der Waals surface area contributed by atoms with Gasteiger partial charge < -0.3 is 5.32 Å². The van der Waals surface area contributed by atoms with Gasteiger partial charge in [-0.3, -0.25) is 9.59 Å². The van der Waals surface area contributed by atoms with Crippen molar-refractivity contribution in [2.75, 3.05) is 6.54 Å². The second-order valence-electron chi connectivity index (χ2n) is 1.17. The van der Waals surface area contributed by atoms with E-state index in [-0.39, 0.29) is 12.3 Å². The van der Waals surface area contributed by atoms with Crippen molar-refractivity contribution in [3.63, 3.8) is 0 Å². The lowest BCUT2D eigenvalue weighted by molar-refractivity contribution is -0.116. The summed E-state index contributed by atoms with van der Waals surface area (Å²) < 4.78 is 0. The molecule has 0 atom stereocenters. The zero-order valence-corrected chi connectivity index (χ0v) is 4.39. The number of carbonyl (C=O) groups excluding carboxylic acids is 2. The Balaban J connectivity index is 3.24. The fourth-order valence-corrected chi connectivity index (χ4v) is 0.214. The van der Waals surface area contributed by atoms with Crippen molar-refractivity contribution in [2.45, 2.75) is 0 Å². The first-order valence-electron chi connectivity index (χ1n) is 2.13. The summed E-state index contributed by atoms with van der Waals surface area (Å²) in [6.45, 7) is 3.26. The van der Waals surface area contributed by atoms with Crippen molar-refractivity contribution < 1.29 is 9.59 Å². The average Bonchev–Trinajstić information content (AvgIpc) is 1.83. The van der Waals surface area contributed by atoms with Gasteiger partial charge in [0.05, 0.1) is 6.54 Å². The van der Waals surface area contributed by atoms with Crippen LogP contribution in [0.3, 0.4) is 0 Å². The first-order chi connectivity index (χ1) is 3.81. The lowest BCUT2D eigenvalue weighted by Crippen LogP contribution is -2.19. The number of hydrogen-bond acceptors (Lipinski definition) is 2. The molecule has 0 fully saturated rings. The molecule has 8 heavy (non-hydrogen) atoms. The zero-order chi connectivity index (χ0) is 6.41. The van der Waals surface area contributed by atoms with E-state index in [1.807, 2.05) is 0 Å². The quantitative estimate of drug-likeness (QED) is 0.394. The van der Waals surface area contributed by atoms with Crippen LogP contribution in [0, 0.1) is 0 Å². The van der Waals surface area contributed by atoms with Crippen LogP contribution in [0.25, 0.3) is 0 Å². The monoisotopic (exact) mass is 113 g/mol. The van der Waals surface area contributed by atoms with Crippen LogP contribution in [0.1, 0.15) is 0 Å². The van der Waals surface area contributed by atoms with Gasteiger partial charge in [-0.25, -0.2) is 0 Å². The summed E-state index contributed by atoms with van der Waals surface area (Å²) in [5.74, 6) is -0.183. The predicted octanol–water partition coefficient (Wildman–Crippen LogP) is -0.513. The maximum Gasteiger partial charge on any atom is 0.207 e. The predicted molar refractivity (Wildman–Crippen MR) is 29.3 cm³/mol. The van der Waals surface area contributed by atoms with E-state index >= 15 is 0 Å². The van der Waals surface area contributed by atoms with Gasteiger partial charge in [-0.15, -0.1) is 0 Å². The third kappa shape index (κ3) is 3.08. The normalized spacial score (nSPS) is 7.50. The molecular weight excluding hydrogens is 106 g/mol. The minimum atomic E-state index is -0.183. The topological polar surface area (TPSA) is 46.2 Å². The van der Waals surface area contributed by atoms with Crippen LogP contribution < -0.4 is 5.32 Å². The molecule has 0 unspecified atom stereocenters. The van der Waals surface area contributed by atoms with Crippen molar-refractivity contribution in [1.29, 1.82) is 0 Å². The molecule has 0 heterocycles. The van der Waals surface area contributed by atoms with Crippen LogP contribution in [0.2, 0.25) is 0 Å². The van der Waals surface area contributed by atoms with Crippen LogP contribution >= 0.6 is 0 Å². The van der Waals surface area contributed by atoms with Crippen molar-refractivity contribution >= 4 is 12.2 Å². The minimum absolute atomic E-state index is 0.0486. The molecule has 1 amide bonds. The van der Waals surface area contributed by atoms with E-state index in [4.69, 9.17) is 0 Å². The van der Waals surface area contributed by atoms with Gasteiger partial charge in [0.25, 0.3) is 0 Å². The maximum absolute atomic E-state index is 10.2. The number of rotatable bonds is 4. The molecule has 0 bridgehead atoms. The summed E-state index contributed by atoms with van der Waals surface area (Å²) in [6, 6.07) is 0. The van der Waals surface area contributed by atoms with Crippen molar-refractivity contribution in [2.24, 2.45) is 0 Å². The molecule has 0 aromatic rings. The smallest absolute Gasteiger partial charge is 0.207 e. The second-order valence-corrected chi connectivity index (χ2v) is 1.17. The van der Waals surface area contributed by atoms with Gasteiger partial charge in [0.15, 0.2) is 5.78 Å². The van der Waals surface area contributed by atoms with E-state index in [0.717, 1.165) is 6.08 Å². The van der Waals surface area contributed by atoms with Gasteiger partial charge in [0.2, 0.25) is 6.41 Å². The number of nitrogens with one attached hydrogen (secondary N) is 1. The Morgan fingerprint density at radius 1 is 1.75 bits per heavy atom. The summed E-state index contributed by atoms with van der Waals surface area (Å²) in [7, 11) is 0. The highest BCUT2D eigenvalue weighted by Gasteiger charge is 1.88. The van der Waals surface area contributed by atoms with Gasteiger partial charge in [-0.1, -0.05) is 6.58 Å². The summed E-state index contributed by atoms with van der Waals surface area (Å²) in [5, 5.41) is 2.20. The highest BCUT2D eigenvalue weighted by molar-refractivity contribution is 5.91. The van der Waals surface area contributed by atoms with Gasteiger partial charge in [-0.05, 0) is 6.08 Å². The van der Waals surface area contributed by atoms with Gasteiger partial charge in [0, 0.05) is 0 Å². The fourth-order valence-electron chi connectivity index (χ4n) is 0.214. The van der Waals surface area contributed by atoms with E-state index < -0.39 is 0 Å². The molecule has 0 saturated carbocycles. The van der Waals surface area contributed by atoms with Crippen molar-refractivity contribution in [1.82, 2.24) is 5.32 Å². The Kier molecular flexibility index (Phi) is 3.48. The molecular formula is C5H7NO2. The largest absolute Gasteiger partial charge is 0.351 e. The number of carbonyl (C=O) groups is 2. The Hall–Kier alpha value is -1.12. The van der Waals surface area contributed by atoms with Crippen LogP contribution in [0.15, 0.2) is 12.7 Å². The average molecular weight is 113 g/mol. The molecule has 0 radical (unpaired) electrons. The highest BCUT2D eigenvalue weighted by Crippen LogP contribution is 1.65. The molecule has 0 aliphatic heterocycles. The third-order valence-corrected chi connectivity index (χ3v) is 0.587. The third-order valence-electron chi connectivity index (χ3n) is 0.587.